The number of rotatable bonds is 2. The van der Waals surface area contributed by atoms with E-state index in [1.54, 1.807) is 17.2 Å². The summed E-state index contributed by atoms with van der Waals surface area (Å²) in [5.41, 5.74) is 0.833. The van der Waals surface area contributed by atoms with E-state index in [-0.39, 0.29) is 23.9 Å². The van der Waals surface area contributed by atoms with Gasteiger partial charge in [-0.05, 0) is 11.6 Å². The summed E-state index contributed by atoms with van der Waals surface area (Å²) in [6, 6.07) is 11.3. The average molecular weight is 338 g/mol. The second-order valence-electron chi connectivity index (χ2n) is 6.78. The predicted octanol–water partition coefficient (Wildman–Crippen LogP) is 1.32. The van der Waals surface area contributed by atoms with Gasteiger partial charge >= 0.3 is 0 Å². The molecule has 3 fully saturated rings. The summed E-state index contributed by atoms with van der Waals surface area (Å²) in [5, 5.41) is 6.57. The molecule has 1 N–H and O–H groups in total. The Hall–Kier alpha value is -2.67. The fourth-order valence-corrected chi connectivity index (χ4v) is 4.54. The van der Waals surface area contributed by atoms with Crippen molar-refractivity contribution in [3.63, 3.8) is 0 Å². The van der Waals surface area contributed by atoms with Crippen LogP contribution in [-0.4, -0.2) is 56.7 Å². The molecule has 2 amide bonds. The molecule has 3 aliphatic rings. The molecule has 7 heteroatoms. The zero-order valence-corrected chi connectivity index (χ0v) is 13.6. The quantitative estimate of drug-likeness (QED) is 0.896. The Morgan fingerprint density at radius 3 is 2.88 bits per heavy atom. The van der Waals surface area contributed by atoms with Crippen LogP contribution in [0.5, 0.6) is 0 Å². The van der Waals surface area contributed by atoms with Crippen molar-refractivity contribution in [3.8, 4) is 0 Å². The van der Waals surface area contributed by atoms with Gasteiger partial charge in [-0.1, -0.05) is 30.3 Å². The maximum absolute atomic E-state index is 12.8. The van der Waals surface area contributed by atoms with Gasteiger partial charge in [0, 0.05) is 19.2 Å². The smallest absolute Gasteiger partial charge is 0.272 e. The largest absolute Gasteiger partial charge is 0.351 e. The number of carbonyl (C=O) groups excluding carboxylic acids is 2. The van der Waals surface area contributed by atoms with E-state index >= 15 is 0 Å². The van der Waals surface area contributed by atoms with Crippen molar-refractivity contribution < 1.29 is 14.3 Å². The highest BCUT2D eigenvalue weighted by molar-refractivity contribution is 5.94. The summed E-state index contributed by atoms with van der Waals surface area (Å²) in [7, 11) is 0. The van der Waals surface area contributed by atoms with Crippen molar-refractivity contribution in [1.82, 2.24) is 20.0 Å². The Bertz CT molecular complexity index is 822. The summed E-state index contributed by atoms with van der Waals surface area (Å²) in [6.07, 6.45) is 2.51. The molecule has 5 rings (SSSR count). The van der Waals surface area contributed by atoms with Crippen LogP contribution in [0.4, 0.5) is 0 Å². The molecule has 7 nitrogen and oxygen atoms in total. The molecule has 1 spiro atoms. The second-order valence-corrected chi connectivity index (χ2v) is 6.78. The van der Waals surface area contributed by atoms with Gasteiger partial charge < -0.3 is 14.5 Å². The average Bonchev–Trinajstić information content (AvgIpc) is 3.38. The molecule has 0 unspecified atom stereocenters. The van der Waals surface area contributed by atoms with Gasteiger partial charge in [0.25, 0.3) is 5.91 Å². The first kappa shape index (κ1) is 14.7. The fourth-order valence-electron chi connectivity index (χ4n) is 4.54. The Morgan fingerprint density at radius 1 is 1.28 bits per heavy atom. The van der Waals surface area contributed by atoms with Crippen LogP contribution in [0.15, 0.2) is 42.6 Å². The van der Waals surface area contributed by atoms with E-state index in [0.29, 0.717) is 31.7 Å². The fraction of sp³-hybridized carbons (Fsp3) is 0.389. The molecule has 0 aliphatic carbocycles. The third-order valence-corrected chi connectivity index (χ3v) is 5.63. The van der Waals surface area contributed by atoms with Crippen molar-refractivity contribution in [2.24, 2.45) is 0 Å². The van der Waals surface area contributed by atoms with Crippen molar-refractivity contribution in [2.45, 2.75) is 30.7 Å². The zero-order valence-electron chi connectivity index (χ0n) is 13.6. The third-order valence-electron chi connectivity index (χ3n) is 5.63. The number of nitrogens with zero attached hydrogens (tertiary/aromatic N) is 3. The molecule has 0 radical (unpaired) electrons. The van der Waals surface area contributed by atoms with Gasteiger partial charge in [0.15, 0.2) is 5.72 Å². The number of likely N-dealkylation sites (tertiary alicyclic amines) is 1. The number of benzene rings is 1. The molecule has 0 bridgehead atoms. The molecule has 2 aromatic rings. The maximum Gasteiger partial charge on any atom is 0.272 e. The van der Waals surface area contributed by atoms with Crippen LogP contribution >= 0.6 is 0 Å². The summed E-state index contributed by atoms with van der Waals surface area (Å²) >= 11 is 0. The Labute approximate surface area is 144 Å². The lowest BCUT2D eigenvalue weighted by Crippen LogP contribution is -2.49. The molecular formula is C18H18N4O3. The second kappa shape index (κ2) is 5.16. The summed E-state index contributed by atoms with van der Waals surface area (Å²) in [6.45, 7) is 1.05. The van der Waals surface area contributed by atoms with Crippen molar-refractivity contribution in [2.75, 3.05) is 13.2 Å². The number of nitrogens with one attached hydrogen (secondary N) is 1. The van der Waals surface area contributed by atoms with Gasteiger partial charge in [-0.15, -0.1) is 0 Å². The molecule has 0 saturated carbocycles. The van der Waals surface area contributed by atoms with E-state index in [1.807, 2.05) is 35.2 Å². The number of amides is 2. The van der Waals surface area contributed by atoms with Crippen LogP contribution in [0, 0.1) is 0 Å². The van der Waals surface area contributed by atoms with E-state index in [0.717, 1.165) is 5.56 Å². The molecule has 3 saturated heterocycles. The standard InChI is InChI=1S/C18H18N4O3/c23-16-10-15-18(7-9-21(15)17(24)13-6-8-19-20-13)22(16)14(11-25-18)12-4-2-1-3-5-12/h1-6,8,14-15H,7,9-11H2,(H,19,20)/t14-,15+,18-/m0/s1. The summed E-state index contributed by atoms with van der Waals surface area (Å²) < 4.78 is 6.21. The predicted molar refractivity (Wildman–Crippen MR) is 87.4 cm³/mol. The normalized spacial score (nSPS) is 30.6. The van der Waals surface area contributed by atoms with Crippen LogP contribution in [0.25, 0.3) is 0 Å². The van der Waals surface area contributed by atoms with Gasteiger partial charge in [0.2, 0.25) is 5.91 Å². The van der Waals surface area contributed by atoms with Gasteiger partial charge in [0.1, 0.15) is 5.69 Å². The Morgan fingerprint density at radius 2 is 2.12 bits per heavy atom. The Kier molecular flexibility index (Phi) is 3.03. The Balaban J connectivity index is 1.48. The van der Waals surface area contributed by atoms with Crippen molar-refractivity contribution in [3.05, 3.63) is 53.9 Å². The molecule has 1 aromatic carbocycles. The van der Waals surface area contributed by atoms with E-state index in [2.05, 4.69) is 10.2 Å². The molecule has 128 valence electrons. The number of hydrogen-bond donors (Lipinski definition) is 1. The lowest BCUT2D eigenvalue weighted by Gasteiger charge is -2.33. The highest BCUT2D eigenvalue weighted by atomic mass is 16.5. The first-order chi connectivity index (χ1) is 12.2. The first-order valence-corrected chi connectivity index (χ1v) is 8.52. The molecule has 3 atom stereocenters. The van der Waals surface area contributed by atoms with Crippen molar-refractivity contribution in [1.29, 1.82) is 0 Å². The van der Waals surface area contributed by atoms with Crippen LogP contribution in [0.2, 0.25) is 0 Å². The topological polar surface area (TPSA) is 78.5 Å². The monoisotopic (exact) mass is 338 g/mol. The SMILES string of the molecule is O=C(c1ccn[nH]1)N1CC[C@@]23OC[C@@H](c4ccccc4)N2C(=O)C[C@@H]13. The number of hydrogen-bond acceptors (Lipinski definition) is 4. The van der Waals surface area contributed by atoms with Gasteiger partial charge in [-0.3, -0.25) is 14.7 Å². The van der Waals surface area contributed by atoms with Crippen LogP contribution in [-0.2, 0) is 9.53 Å². The van der Waals surface area contributed by atoms with Crippen molar-refractivity contribution >= 4 is 11.8 Å². The van der Waals surface area contributed by atoms with Crippen LogP contribution in [0.3, 0.4) is 0 Å². The molecule has 3 aliphatic heterocycles. The van der Waals surface area contributed by atoms with Gasteiger partial charge in [-0.25, -0.2) is 0 Å². The highest BCUT2D eigenvalue weighted by Crippen LogP contribution is 2.51. The minimum Gasteiger partial charge on any atom is -0.351 e. The molecule has 4 heterocycles. The van der Waals surface area contributed by atoms with Gasteiger partial charge in [-0.2, -0.15) is 5.10 Å². The summed E-state index contributed by atoms with van der Waals surface area (Å²) in [5.74, 6) is -0.0701. The minimum absolute atomic E-state index is 0.0541. The zero-order chi connectivity index (χ0) is 17.0. The number of ether oxygens (including phenoxy) is 1. The van der Waals surface area contributed by atoms with Crippen LogP contribution < -0.4 is 0 Å². The molecule has 1 aromatic heterocycles. The number of aromatic amines is 1. The first-order valence-electron chi connectivity index (χ1n) is 8.52. The lowest BCUT2D eigenvalue weighted by molar-refractivity contribution is -0.138. The maximum atomic E-state index is 12.8. The molecule has 25 heavy (non-hydrogen) atoms. The minimum atomic E-state index is -0.687. The van der Waals surface area contributed by atoms with E-state index in [9.17, 15) is 9.59 Å². The van der Waals surface area contributed by atoms with E-state index in [1.165, 1.54) is 0 Å². The highest BCUT2D eigenvalue weighted by Gasteiger charge is 2.65. The van der Waals surface area contributed by atoms with Gasteiger partial charge in [0.05, 0.1) is 25.1 Å². The molecular weight excluding hydrogens is 320 g/mol. The van der Waals surface area contributed by atoms with E-state index in [4.69, 9.17) is 4.74 Å². The van der Waals surface area contributed by atoms with E-state index < -0.39 is 5.72 Å². The van der Waals surface area contributed by atoms with Crippen LogP contribution in [0.1, 0.15) is 34.9 Å². The number of H-pyrrole nitrogens is 1. The lowest BCUT2D eigenvalue weighted by atomic mass is 10.0. The number of aromatic nitrogens is 2. The number of carbonyl (C=O) groups is 2. The third kappa shape index (κ3) is 1.93. The summed E-state index contributed by atoms with van der Waals surface area (Å²) in [4.78, 5) is 29.2.